The van der Waals surface area contributed by atoms with Crippen LogP contribution in [0.15, 0.2) is 40.6 Å². The fraction of sp³-hybridized carbons (Fsp3) is 0.474. The average Bonchev–Trinajstić information content (AvgIpc) is 3.12. The summed E-state index contributed by atoms with van der Waals surface area (Å²) < 4.78 is 27.7. The molecule has 0 atom stereocenters. The Labute approximate surface area is 155 Å². The van der Waals surface area contributed by atoms with Gasteiger partial charge in [0.1, 0.15) is 4.21 Å². The van der Waals surface area contributed by atoms with Gasteiger partial charge in [-0.05, 0) is 42.2 Å². The van der Waals surface area contributed by atoms with Gasteiger partial charge in [-0.3, -0.25) is 0 Å². The van der Waals surface area contributed by atoms with Crippen LogP contribution in [-0.2, 0) is 16.4 Å². The number of aryl methyl sites for hydroxylation is 1. The van der Waals surface area contributed by atoms with Gasteiger partial charge in [-0.25, -0.2) is 8.42 Å². The van der Waals surface area contributed by atoms with Crippen molar-refractivity contribution in [3.8, 4) is 0 Å². The molecule has 1 aliphatic heterocycles. The Balaban J connectivity index is 1.66. The maximum atomic E-state index is 12.8. The van der Waals surface area contributed by atoms with E-state index in [-0.39, 0.29) is 0 Å². The molecule has 0 aliphatic carbocycles. The first-order chi connectivity index (χ1) is 11.9. The minimum absolute atomic E-state index is 0.471. The second-order valence-electron chi connectivity index (χ2n) is 6.71. The van der Waals surface area contributed by atoms with Crippen molar-refractivity contribution in [1.29, 1.82) is 0 Å². The average molecular weight is 379 g/mol. The molecule has 1 aromatic carbocycles. The number of benzene rings is 1. The lowest BCUT2D eigenvalue weighted by atomic mass is 10.0. The molecule has 1 aliphatic rings. The van der Waals surface area contributed by atoms with Crippen LogP contribution in [0, 0.1) is 0 Å². The van der Waals surface area contributed by atoms with Gasteiger partial charge in [-0.2, -0.15) is 4.31 Å². The Kier molecular flexibility index (Phi) is 5.51. The monoisotopic (exact) mass is 378 g/mol. The highest BCUT2D eigenvalue weighted by atomic mass is 32.2. The number of hydrogen-bond donors (Lipinski definition) is 0. The lowest BCUT2D eigenvalue weighted by Crippen LogP contribution is -2.48. The van der Waals surface area contributed by atoms with E-state index in [9.17, 15) is 8.42 Å². The van der Waals surface area contributed by atoms with Gasteiger partial charge < -0.3 is 4.90 Å². The number of nitrogens with zero attached hydrogens (tertiary/aromatic N) is 2. The number of sulfonamides is 1. The van der Waals surface area contributed by atoms with E-state index < -0.39 is 10.0 Å². The lowest BCUT2D eigenvalue weighted by Gasteiger charge is -2.35. The summed E-state index contributed by atoms with van der Waals surface area (Å²) in [5, 5.41) is 0. The first-order valence-corrected chi connectivity index (χ1v) is 11.1. The van der Waals surface area contributed by atoms with Crippen molar-refractivity contribution >= 4 is 27.0 Å². The smallest absolute Gasteiger partial charge is 0.252 e. The highest BCUT2D eigenvalue weighted by molar-refractivity contribution is 7.91. The highest BCUT2D eigenvalue weighted by Gasteiger charge is 2.29. The van der Waals surface area contributed by atoms with E-state index >= 15 is 0 Å². The fourth-order valence-electron chi connectivity index (χ4n) is 3.07. The largest absolute Gasteiger partial charge is 0.369 e. The van der Waals surface area contributed by atoms with Crippen LogP contribution in [0.25, 0.3) is 0 Å². The predicted octanol–water partition coefficient (Wildman–Crippen LogP) is 3.94. The van der Waals surface area contributed by atoms with E-state index in [0.29, 0.717) is 23.2 Å². The van der Waals surface area contributed by atoms with Crippen LogP contribution in [-0.4, -0.2) is 38.9 Å². The van der Waals surface area contributed by atoms with E-state index in [2.05, 4.69) is 43.0 Å². The molecule has 1 aromatic heterocycles. The molecule has 0 N–H and O–H groups in total. The van der Waals surface area contributed by atoms with Crippen molar-refractivity contribution < 1.29 is 8.42 Å². The Morgan fingerprint density at radius 3 is 2.16 bits per heavy atom. The summed E-state index contributed by atoms with van der Waals surface area (Å²) in [6.45, 7) is 8.95. The molecule has 0 unspecified atom stereocenters. The first-order valence-electron chi connectivity index (χ1n) is 8.85. The summed E-state index contributed by atoms with van der Waals surface area (Å²) >= 11 is 1.39. The van der Waals surface area contributed by atoms with Crippen molar-refractivity contribution in [1.82, 2.24) is 4.31 Å². The van der Waals surface area contributed by atoms with Crippen molar-refractivity contribution in [3.63, 3.8) is 0 Å². The van der Waals surface area contributed by atoms with Crippen LogP contribution in [0.2, 0.25) is 0 Å². The van der Waals surface area contributed by atoms with Crippen molar-refractivity contribution in [2.24, 2.45) is 0 Å². The Bertz CT molecular complexity index is 802. The van der Waals surface area contributed by atoms with Gasteiger partial charge in [0.15, 0.2) is 0 Å². The molecule has 136 valence electrons. The minimum Gasteiger partial charge on any atom is -0.369 e. The van der Waals surface area contributed by atoms with Crippen LogP contribution in [0.3, 0.4) is 0 Å². The maximum absolute atomic E-state index is 12.8. The van der Waals surface area contributed by atoms with Crippen LogP contribution >= 0.6 is 11.3 Å². The van der Waals surface area contributed by atoms with E-state index in [4.69, 9.17) is 0 Å². The summed E-state index contributed by atoms with van der Waals surface area (Å²) in [6.07, 6.45) is 0.875. The number of piperazine rings is 1. The summed E-state index contributed by atoms with van der Waals surface area (Å²) in [7, 11) is -3.35. The zero-order chi connectivity index (χ0) is 18.0. The molecule has 25 heavy (non-hydrogen) atoms. The molecule has 4 nitrogen and oxygen atoms in total. The topological polar surface area (TPSA) is 40.6 Å². The third-order valence-corrected chi connectivity index (χ3v) is 8.34. The standard InChI is InChI=1S/C19H26N2O2S2/c1-4-18-9-10-19(24-18)25(22,23)21-13-11-20(12-14-21)17-7-5-16(6-8-17)15(2)3/h5-10,15H,4,11-14H2,1-3H3. The number of rotatable bonds is 5. The molecule has 3 rings (SSSR count). The molecule has 2 aromatic rings. The Morgan fingerprint density at radius 2 is 1.64 bits per heavy atom. The van der Waals surface area contributed by atoms with Gasteiger partial charge in [-0.1, -0.05) is 32.9 Å². The van der Waals surface area contributed by atoms with E-state index in [1.54, 1.807) is 10.4 Å². The van der Waals surface area contributed by atoms with E-state index in [1.165, 1.54) is 22.6 Å². The molecule has 1 saturated heterocycles. The van der Waals surface area contributed by atoms with Gasteiger partial charge in [-0.15, -0.1) is 11.3 Å². The van der Waals surface area contributed by atoms with Crippen LogP contribution in [0.5, 0.6) is 0 Å². The number of anilines is 1. The van der Waals surface area contributed by atoms with Crippen molar-refractivity contribution in [2.75, 3.05) is 31.1 Å². The zero-order valence-corrected chi connectivity index (χ0v) is 16.7. The van der Waals surface area contributed by atoms with Gasteiger partial charge >= 0.3 is 0 Å². The quantitative estimate of drug-likeness (QED) is 0.791. The van der Waals surface area contributed by atoms with Crippen LogP contribution < -0.4 is 4.90 Å². The summed E-state index contributed by atoms with van der Waals surface area (Å²) in [5.41, 5.74) is 2.50. The predicted molar refractivity (Wildman–Crippen MR) is 105 cm³/mol. The van der Waals surface area contributed by atoms with E-state index in [0.717, 1.165) is 24.4 Å². The molecular formula is C19H26N2O2S2. The van der Waals surface area contributed by atoms with Gasteiger partial charge in [0.2, 0.25) is 0 Å². The molecule has 0 radical (unpaired) electrons. The molecule has 1 fully saturated rings. The fourth-order valence-corrected chi connectivity index (χ4v) is 5.94. The SMILES string of the molecule is CCc1ccc(S(=O)(=O)N2CCN(c3ccc(C(C)C)cc3)CC2)s1. The summed E-state index contributed by atoms with van der Waals surface area (Å²) in [5.74, 6) is 0.523. The maximum Gasteiger partial charge on any atom is 0.252 e. The molecule has 0 bridgehead atoms. The molecule has 6 heteroatoms. The van der Waals surface area contributed by atoms with Gasteiger partial charge in [0, 0.05) is 36.7 Å². The second kappa shape index (κ2) is 7.48. The zero-order valence-electron chi connectivity index (χ0n) is 15.1. The van der Waals surface area contributed by atoms with E-state index in [1.807, 2.05) is 13.0 Å². The summed E-state index contributed by atoms with van der Waals surface area (Å²) in [6, 6.07) is 12.3. The molecule has 0 saturated carbocycles. The van der Waals surface area contributed by atoms with Gasteiger partial charge in [0.05, 0.1) is 0 Å². The molecule has 0 amide bonds. The van der Waals surface area contributed by atoms with Crippen LogP contribution in [0.1, 0.15) is 37.1 Å². The highest BCUT2D eigenvalue weighted by Crippen LogP contribution is 2.27. The summed E-state index contributed by atoms with van der Waals surface area (Å²) in [4.78, 5) is 3.38. The van der Waals surface area contributed by atoms with Crippen LogP contribution in [0.4, 0.5) is 5.69 Å². The Morgan fingerprint density at radius 1 is 1.00 bits per heavy atom. The third kappa shape index (κ3) is 3.91. The Hall–Kier alpha value is -1.37. The number of hydrogen-bond acceptors (Lipinski definition) is 4. The number of thiophene rings is 1. The van der Waals surface area contributed by atoms with Gasteiger partial charge in [0.25, 0.3) is 10.0 Å². The van der Waals surface area contributed by atoms with Crippen molar-refractivity contribution in [3.05, 3.63) is 46.8 Å². The molecule has 0 spiro atoms. The van der Waals surface area contributed by atoms with Crippen molar-refractivity contribution in [2.45, 2.75) is 37.3 Å². The molecule has 2 heterocycles. The third-order valence-electron chi connectivity index (χ3n) is 4.74. The normalized spacial score (nSPS) is 16.6. The second-order valence-corrected chi connectivity index (χ2v) is 10.0. The first kappa shape index (κ1) is 18.4. The molecular weight excluding hydrogens is 352 g/mol. The lowest BCUT2D eigenvalue weighted by molar-refractivity contribution is 0.386. The minimum atomic E-state index is -3.35.